The van der Waals surface area contributed by atoms with Gasteiger partial charge >= 0.3 is 0 Å². The molecule has 0 saturated carbocycles. The summed E-state index contributed by atoms with van der Waals surface area (Å²) in [7, 11) is 4.31. The Labute approximate surface area is 93.5 Å². The van der Waals surface area contributed by atoms with Gasteiger partial charge in [-0.15, -0.1) is 0 Å². The van der Waals surface area contributed by atoms with E-state index in [1.165, 1.54) is 11.3 Å². The molecule has 2 nitrogen and oxygen atoms in total. The van der Waals surface area contributed by atoms with E-state index in [9.17, 15) is 0 Å². The molecular weight excluding hydrogens is 184 g/mol. The average molecular weight is 206 g/mol. The summed E-state index contributed by atoms with van der Waals surface area (Å²) >= 11 is 0. The maximum Gasteiger partial charge on any atom is 0.0366 e. The van der Waals surface area contributed by atoms with Crippen molar-refractivity contribution in [3.63, 3.8) is 0 Å². The third-order valence-corrected chi connectivity index (χ3v) is 2.80. The van der Waals surface area contributed by atoms with Crippen LogP contribution in [0.5, 0.6) is 0 Å². The standard InChI is InChI=1S/C13H22N2/c1-5-14(3)9-10-15(4)13-8-6-7-12(2)11-13/h6-8,11H,5,9-10H2,1-4H3. The van der Waals surface area contributed by atoms with Gasteiger partial charge in [0.1, 0.15) is 0 Å². The van der Waals surface area contributed by atoms with Crippen LogP contribution in [0.15, 0.2) is 24.3 Å². The van der Waals surface area contributed by atoms with Crippen molar-refractivity contribution in [1.29, 1.82) is 0 Å². The molecule has 0 atom stereocenters. The van der Waals surface area contributed by atoms with Gasteiger partial charge in [0.15, 0.2) is 0 Å². The molecule has 1 aromatic carbocycles. The Kier molecular flexibility index (Phi) is 4.63. The van der Waals surface area contributed by atoms with Gasteiger partial charge < -0.3 is 9.80 Å². The molecule has 0 amide bonds. The molecule has 0 aliphatic carbocycles. The van der Waals surface area contributed by atoms with Crippen LogP contribution in [0.2, 0.25) is 0 Å². The smallest absolute Gasteiger partial charge is 0.0366 e. The molecule has 1 rings (SSSR count). The minimum atomic E-state index is 1.08. The first-order chi connectivity index (χ1) is 7.13. The molecule has 84 valence electrons. The molecule has 0 heterocycles. The Morgan fingerprint density at radius 3 is 2.47 bits per heavy atom. The number of rotatable bonds is 5. The van der Waals surface area contributed by atoms with Crippen molar-refractivity contribution >= 4 is 5.69 Å². The Morgan fingerprint density at radius 1 is 1.13 bits per heavy atom. The van der Waals surface area contributed by atoms with Crippen molar-refractivity contribution in [2.45, 2.75) is 13.8 Å². The zero-order valence-corrected chi connectivity index (χ0v) is 10.3. The van der Waals surface area contributed by atoms with E-state index in [-0.39, 0.29) is 0 Å². The van der Waals surface area contributed by atoms with Crippen molar-refractivity contribution in [3.8, 4) is 0 Å². The Morgan fingerprint density at radius 2 is 1.87 bits per heavy atom. The van der Waals surface area contributed by atoms with E-state index in [0.29, 0.717) is 0 Å². The monoisotopic (exact) mass is 206 g/mol. The number of nitrogens with zero attached hydrogens (tertiary/aromatic N) is 2. The summed E-state index contributed by atoms with van der Waals surface area (Å²) in [5.41, 5.74) is 2.63. The molecule has 0 radical (unpaired) electrons. The highest BCUT2D eigenvalue weighted by molar-refractivity contribution is 5.47. The molecule has 0 aliphatic heterocycles. The summed E-state index contributed by atoms with van der Waals surface area (Å²) in [5.74, 6) is 0. The van der Waals surface area contributed by atoms with E-state index in [1.807, 2.05) is 0 Å². The Hall–Kier alpha value is -1.02. The zero-order chi connectivity index (χ0) is 11.3. The van der Waals surface area contributed by atoms with E-state index >= 15 is 0 Å². The number of likely N-dealkylation sites (N-methyl/N-ethyl adjacent to an activating group) is 2. The maximum absolute atomic E-state index is 2.33. The lowest BCUT2D eigenvalue weighted by atomic mass is 10.2. The van der Waals surface area contributed by atoms with Crippen molar-refractivity contribution in [1.82, 2.24) is 4.90 Å². The third-order valence-electron chi connectivity index (χ3n) is 2.80. The largest absolute Gasteiger partial charge is 0.373 e. The van der Waals surface area contributed by atoms with Gasteiger partial charge in [-0.05, 0) is 38.2 Å². The number of benzene rings is 1. The summed E-state index contributed by atoms with van der Waals surface area (Å²) in [6.45, 7) is 7.62. The first kappa shape index (κ1) is 12.1. The molecule has 0 fully saturated rings. The molecule has 0 spiro atoms. The molecule has 2 heteroatoms. The van der Waals surface area contributed by atoms with Crippen molar-refractivity contribution < 1.29 is 0 Å². The molecule has 0 aliphatic rings. The van der Waals surface area contributed by atoms with Crippen LogP contribution in [-0.4, -0.2) is 38.6 Å². The van der Waals surface area contributed by atoms with Crippen molar-refractivity contribution in [3.05, 3.63) is 29.8 Å². The summed E-state index contributed by atoms with van der Waals surface area (Å²) in [4.78, 5) is 4.63. The average Bonchev–Trinajstić information content (AvgIpc) is 2.25. The molecule has 0 bridgehead atoms. The molecule has 1 aromatic rings. The van der Waals surface area contributed by atoms with Crippen LogP contribution >= 0.6 is 0 Å². The molecule has 0 N–H and O–H groups in total. The Balaban J connectivity index is 2.50. The molecule has 0 unspecified atom stereocenters. The topological polar surface area (TPSA) is 6.48 Å². The second kappa shape index (κ2) is 5.76. The minimum absolute atomic E-state index is 1.08. The van der Waals surface area contributed by atoms with Crippen LogP contribution in [-0.2, 0) is 0 Å². The number of hydrogen-bond donors (Lipinski definition) is 0. The van der Waals surface area contributed by atoms with Crippen LogP contribution in [0.3, 0.4) is 0 Å². The normalized spacial score (nSPS) is 10.7. The highest BCUT2D eigenvalue weighted by Crippen LogP contribution is 2.13. The first-order valence-corrected chi connectivity index (χ1v) is 5.60. The maximum atomic E-state index is 2.33. The van der Waals surface area contributed by atoms with Crippen LogP contribution < -0.4 is 4.90 Å². The fourth-order valence-corrected chi connectivity index (χ4v) is 1.47. The van der Waals surface area contributed by atoms with Crippen LogP contribution in [0, 0.1) is 6.92 Å². The highest BCUT2D eigenvalue weighted by Gasteiger charge is 2.01. The quantitative estimate of drug-likeness (QED) is 0.730. The number of hydrogen-bond acceptors (Lipinski definition) is 2. The predicted molar refractivity (Wildman–Crippen MR) is 67.6 cm³/mol. The molecular formula is C13H22N2. The van der Waals surface area contributed by atoms with Gasteiger partial charge in [0, 0.05) is 25.8 Å². The molecule has 0 saturated heterocycles. The molecule has 0 aromatic heterocycles. The fraction of sp³-hybridized carbons (Fsp3) is 0.538. The van der Waals surface area contributed by atoms with E-state index in [1.54, 1.807) is 0 Å². The summed E-state index contributed by atoms with van der Waals surface area (Å²) in [6.07, 6.45) is 0. The predicted octanol–water partition coefficient (Wildman–Crippen LogP) is 2.38. The molecule has 15 heavy (non-hydrogen) atoms. The van der Waals surface area contributed by atoms with Gasteiger partial charge in [-0.3, -0.25) is 0 Å². The Bertz CT molecular complexity index is 296. The second-order valence-electron chi connectivity index (χ2n) is 4.16. The van der Waals surface area contributed by atoms with Crippen LogP contribution in [0.4, 0.5) is 5.69 Å². The van der Waals surface area contributed by atoms with Crippen molar-refractivity contribution in [2.75, 3.05) is 38.6 Å². The van der Waals surface area contributed by atoms with Gasteiger partial charge in [-0.25, -0.2) is 0 Å². The van der Waals surface area contributed by atoms with Gasteiger partial charge in [-0.1, -0.05) is 19.1 Å². The lowest BCUT2D eigenvalue weighted by Gasteiger charge is -2.23. The van der Waals surface area contributed by atoms with Crippen LogP contribution in [0.25, 0.3) is 0 Å². The summed E-state index contributed by atoms with van der Waals surface area (Å²) in [6, 6.07) is 8.64. The minimum Gasteiger partial charge on any atom is -0.373 e. The van der Waals surface area contributed by atoms with Gasteiger partial charge in [0.25, 0.3) is 0 Å². The fourth-order valence-electron chi connectivity index (χ4n) is 1.47. The number of anilines is 1. The lowest BCUT2D eigenvalue weighted by molar-refractivity contribution is 0.360. The SMILES string of the molecule is CCN(C)CCN(C)c1cccc(C)c1. The van der Waals surface area contributed by atoms with E-state index in [2.05, 4.69) is 62.0 Å². The second-order valence-corrected chi connectivity index (χ2v) is 4.16. The van der Waals surface area contributed by atoms with Crippen LogP contribution in [0.1, 0.15) is 12.5 Å². The van der Waals surface area contributed by atoms with E-state index < -0.39 is 0 Å². The number of aryl methyl sites for hydroxylation is 1. The highest BCUT2D eigenvalue weighted by atomic mass is 15.2. The van der Waals surface area contributed by atoms with Gasteiger partial charge in [0.2, 0.25) is 0 Å². The van der Waals surface area contributed by atoms with E-state index in [0.717, 1.165) is 19.6 Å². The summed E-state index contributed by atoms with van der Waals surface area (Å²) < 4.78 is 0. The third kappa shape index (κ3) is 3.92. The first-order valence-electron chi connectivity index (χ1n) is 5.60. The van der Waals surface area contributed by atoms with Gasteiger partial charge in [-0.2, -0.15) is 0 Å². The van der Waals surface area contributed by atoms with Gasteiger partial charge in [0.05, 0.1) is 0 Å². The zero-order valence-electron chi connectivity index (χ0n) is 10.3. The lowest BCUT2D eigenvalue weighted by Crippen LogP contribution is -2.30. The van der Waals surface area contributed by atoms with E-state index in [4.69, 9.17) is 0 Å². The van der Waals surface area contributed by atoms with Crippen molar-refractivity contribution in [2.24, 2.45) is 0 Å². The summed E-state index contributed by atoms with van der Waals surface area (Å²) in [5, 5.41) is 0.